The third-order valence-electron chi connectivity index (χ3n) is 4.18. The quantitative estimate of drug-likeness (QED) is 0.809. The van der Waals surface area contributed by atoms with Crippen molar-refractivity contribution in [3.63, 3.8) is 0 Å². The number of carbonyl (C=O) groups is 1. The van der Waals surface area contributed by atoms with E-state index in [1.54, 1.807) is 7.11 Å². The molecule has 0 atom stereocenters. The summed E-state index contributed by atoms with van der Waals surface area (Å²) in [6, 6.07) is 9.84. The Morgan fingerprint density at radius 1 is 1.38 bits per heavy atom. The number of methoxy groups -OCH3 is 1. The van der Waals surface area contributed by atoms with E-state index in [-0.39, 0.29) is 5.91 Å². The Balaban J connectivity index is 1.64. The number of aromatic nitrogens is 1. The number of oxazole rings is 1. The van der Waals surface area contributed by atoms with E-state index >= 15 is 0 Å². The van der Waals surface area contributed by atoms with Crippen molar-refractivity contribution in [1.82, 2.24) is 14.8 Å². The van der Waals surface area contributed by atoms with E-state index in [0.29, 0.717) is 38.6 Å². The maximum absolute atomic E-state index is 12.4. The van der Waals surface area contributed by atoms with Crippen molar-refractivity contribution >= 4 is 5.91 Å². The fourth-order valence-electron chi connectivity index (χ4n) is 2.77. The molecule has 0 saturated carbocycles. The van der Waals surface area contributed by atoms with Gasteiger partial charge in [-0.05, 0) is 19.2 Å². The van der Waals surface area contributed by atoms with Crippen LogP contribution in [0.4, 0.5) is 0 Å². The molecule has 0 bridgehead atoms. The molecule has 24 heavy (non-hydrogen) atoms. The molecule has 1 aromatic heterocycles. The van der Waals surface area contributed by atoms with Gasteiger partial charge in [0.25, 0.3) is 0 Å². The molecule has 0 spiro atoms. The van der Waals surface area contributed by atoms with Gasteiger partial charge >= 0.3 is 0 Å². The van der Waals surface area contributed by atoms with Gasteiger partial charge in [-0.25, -0.2) is 4.98 Å². The zero-order valence-electron chi connectivity index (χ0n) is 14.2. The van der Waals surface area contributed by atoms with E-state index in [1.165, 1.54) is 0 Å². The maximum atomic E-state index is 12.4. The molecular weight excluding hydrogens is 306 g/mol. The fourth-order valence-corrected chi connectivity index (χ4v) is 2.77. The van der Waals surface area contributed by atoms with Crippen LogP contribution in [0.15, 0.2) is 34.7 Å². The summed E-state index contributed by atoms with van der Waals surface area (Å²) in [6.45, 7) is 2.94. The second kappa shape index (κ2) is 7.59. The Morgan fingerprint density at radius 3 is 2.92 bits per heavy atom. The minimum Gasteiger partial charge on any atom is -0.441 e. The summed E-state index contributed by atoms with van der Waals surface area (Å²) in [6.07, 6.45) is 0.711. The predicted octanol–water partition coefficient (Wildman–Crippen LogP) is 1.80. The molecule has 6 nitrogen and oxygen atoms in total. The number of ether oxygens (including phenoxy) is 1. The van der Waals surface area contributed by atoms with E-state index in [4.69, 9.17) is 9.15 Å². The van der Waals surface area contributed by atoms with Crippen LogP contribution in [0.3, 0.4) is 0 Å². The molecule has 1 aliphatic heterocycles. The highest BCUT2D eigenvalue weighted by molar-refractivity contribution is 5.78. The zero-order valence-corrected chi connectivity index (χ0v) is 14.2. The van der Waals surface area contributed by atoms with E-state index in [1.807, 2.05) is 47.2 Å². The van der Waals surface area contributed by atoms with Crippen LogP contribution in [-0.2, 0) is 22.5 Å². The first-order chi connectivity index (χ1) is 11.7. The zero-order chi connectivity index (χ0) is 16.9. The number of fused-ring (bicyclic) bond motifs is 1. The molecule has 0 unspecified atom stereocenters. The van der Waals surface area contributed by atoms with Gasteiger partial charge in [0.2, 0.25) is 11.8 Å². The summed E-state index contributed by atoms with van der Waals surface area (Å²) in [5.74, 6) is 1.64. The third-order valence-corrected chi connectivity index (χ3v) is 4.18. The van der Waals surface area contributed by atoms with Gasteiger partial charge in [0.1, 0.15) is 11.5 Å². The van der Waals surface area contributed by atoms with Crippen molar-refractivity contribution in [1.29, 1.82) is 0 Å². The molecule has 2 aromatic rings. The summed E-state index contributed by atoms with van der Waals surface area (Å²) in [5, 5.41) is 0. The first kappa shape index (κ1) is 16.7. The highest BCUT2D eigenvalue weighted by Gasteiger charge is 2.26. The molecule has 0 saturated heterocycles. The maximum Gasteiger partial charge on any atom is 0.237 e. The number of likely N-dealkylation sites (N-methyl/N-ethyl adjacent to an activating group) is 1. The van der Waals surface area contributed by atoms with Crippen LogP contribution in [0, 0.1) is 0 Å². The normalized spacial score (nSPS) is 14.0. The van der Waals surface area contributed by atoms with Crippen LogP contribution in [0.2, 0.25) is 0 Å². The highest BCUT2D eigenvalue weighted by Crippen LogP contribution is 2.26. The number of nitrogens with zero attached hydrogens (tertiary/aromatic N) is 3. The van der Waals surface area contributed by atoms with E-state index < -0.39 is 0 Å². The standard InChI is InChI=1S/C18H23N3O3/c1-20(10-11-23-2)13-17(22)21-9-8-16-15(12-21)19-18(24-16)14-6-4-3-5-7-14/h3-7H,8-13H2,1-2H3. The number of benzene rings is 1. The average Bonchev–Trinajstić information content (AvgIpc) is 3.04. The van der Waals surface area contributed by atoms with Crippen molar-refractivity contribution in [3.05, 3.63) is 41.8 Å². The number of hydrogen-bond acceptors (Lipinski definition) is 5. The number of carbonyl (C=O) groups excluding carboxylic acids is 1. The Kier molecular flexibility index (Phi) is 5.27. The lowest BCUT2D eigenvalue weighted by Gasteiger charge is -2.27. The van der Waals surface area contributed by atoms with Crippen molar-refractivity contribution in [2.75, 3.05) is 40.4 Å². The molecule has 3 rings (SSSR count). The van der Waals surface area contributed by atoms with Crippen molar-refractivity contribution in [3.8, 4) is 11.5 Å². The van der Waals surface area contributed by atoms with E-state index in [9.17, 15) is 4.79 Å². The Bertz CT molecular complexity index is 684. The largest absolute Gasteiger partial charge is 0.441 e. The molecule has 1 aromatic carbocycles. The third kappa shape index (κ3) is 3.83. The second-order valence-electron chi connectivity index (χ2n) is 6.05. The van der Waals surface area contributed by atoms with Crippen LogP contribution in [0.5, 0.6) is 0 Å². The van der Waals surface area contributed by atoms with Gasteiger partial charge < -0.3 is 14.1 Å². The molecule has 0 fully saturated rings. The van der Waals surface area contributed by atoms with Gasteiger partial charge in [0, 0.05) is 32.2 Å². The molecule has 128 valence electrons. The average molecular weight is 329 g/mol. The smallest absolute Gasteiger partial charge is 0.237 e. The van der Waals surface area contributed by atoms with Gasteiger partial charge in [-0.1, -0.05) is 18.2 Å². The van der Waals surface area contributed by atoms with Crippen LogP contribution >= 0.6 is 0 Å². The van der Waals surface area contributed by atoms with Gasteiger partial charge in [-0.15, -0.1) is 0 Å². The van der Waals surface area contributed by atoms with E-state index in [0.717, 1.165) is 23.6 Å². The lowest BCUT2D eigenvalue weighted by Crippen LogP contribution is -2.42. The molecule has 0 N–H and O–H groups in total. The van der Waals surface area contributed by atoms with Gasteiger partial charge in [-0.2, -0.15) is 0 Å². The molecule has 0 radical (unpaired) electrons. The van der Waals surface area contributed by atoms with Gasteiger partial charge in [0.05, 0.1) is 19.7 Å². The van der Waals surface area contributed by atoms with E-state index in [2.05, 4.69) is 4.98 Å². The first-order valence-corrected chi connectivity index (χ1v) is 8.16. The summed E-state index contributed by atoms with van der Waals surface area (Å²) < 4.78 is 10.9. The summed E-state index contributed by atoms with van der Waals surface area (Å²) >= 11 is 0. The summed E-state index contributed by atoms with van der Waals surface area (Å²) in [4.78, 5) is 20.9. The Labute approximate surface area is 142 Å². The van der Waals surface area contributed by atoms with Crippen LogP contribution in [0.25, 0.3) is 11.5 Å². The number of hydrogen-bond donors (Lipinski definition) is 0. The SMILES string of the molecule is COCCN(C)CC(=O)N1CCc2oc(-c3ccccc3)nc2C1. The topological polar surface area (TPSA) is 58.8 Å². The van der Waals surface area contributed by atoms with Crippen LogP contribution < -0.4 is 0 Å². The Morgan fingerprint density at radius 2 is 2.17 bits per heavy atom. The second-order valence-corrected chi connectivity index (χ2v) is 6.05. The summed E-state index contributed by atoms with van der Waals surface area (Å²) in [7, 11) is 3.59. The van der Waals surface area contributed by atoms with Crippen molar-refractivity contribution in [2.24, 2.45) is 0 Å². The number of amides is 1. The number of rotatable bonds is 6. The Hall–Kier alpha value is -2.18. The monoisotopic (exact) mass is 329 g/mol. The molecule has 0 aliphatic carbocycles. The molecule has 2 heterocycles. The highest BCUT2D eigenvalue weighted by atomic mass is 16.5. The predicted molar refractivity (Wildman–Crippen MR) is 90.4 cm³/mol. The van der Waals surface area contributed by atoms with Crippen LogP contribution in [0.1, 0.15) is 11.5 Å². The van der Waals surface area contributed by atoms with Crippen molar-refractivity contribution in [2.45, 2.75) is 13.0 Å². The lowest BCUT2D eigenvalue weighted by molar-refractivity contribution is -0.133. The molecule has 6 heteroatoms. The lowest BCUT2D eigenvalue weighted by atomic mass is 10.1. The van der Waals surface area contributed by atoms with Crippen molar-refractivity contribution < 1.29 is 13.9 Å². The van der Waals surface area contributed by atoms with Crippen LogP contribution in [-0.4, -0.2) is 61.1 Å². The minimum absolute atomic E-state index is 0.114. The van der Waals surface area contributed by atoms with Gasteiger partial charge in [0.15, 0.2) is 0 Å². The first-order valence-electron chi connectivity index (χ1n) is 8.16. The molecule has 1 aliphatic rings. The van der Waals surface area contributed by atoms with Gasteiger partial charge in [-0.3, -0.25) is 9.69 Å². The summed E-state index contributed by atoms with van der Waals surface area (Å²) in [5.41, 5.74) is 1.83. The molecular formula is C18H23N3O3. The minimum atomic E-state index is 0.114. The fraction of sp³-hybridized carbons (Fsp3) is 0.444. The molecule has 1 amide bonds.